The third kappa shape index (κ3) is 4.71. The lowest BCUT2D eigenvalue weighted by Gasteiger charge is -2.38. The number of nitrogens with zero attached hydrogens (tertiary/aromatic N) is 6. The topological polar surface area (TPSA) is 86.0 Å². The van der Waals surface area contributed by atoms with E-state index in [0.717, 1.165) is 31.1 Å². The zero-order chi connectivity index (χ0) is 21.1. The number of carbonyl (C=O) groups is 2. The summed E-state index contributed by atoms with van der Waals surface area (Å²) in [5.74, 6) is 1.51. The predicted molar refractivity (Wildman–Crippen MR) is 112 cm³/mol. The van der Waals surface area contributed by atoms with Crippen LogP contribution in [0, 0.1) is 6.92 Å². The first kappa shape index (κ1) is 21.0. The summed E-state index contributed by atoms with van der Waals surface area (Å²) >= 11 is 1.46. The Bertz CT molecular complexity index is 854. The second kappa shape index (κ2) is 9.23. The molecule has 2 aromatic rings. The molecule has 2 fully saturated rings. The van der Waals surface area contributed by atoms with Crippen LogP contribution < -0.4 is 0 Å². The molecule has 9 nitrogen and oxygen atoms in total. The van der Waals surface area contributed by atoms with Crippen LogP contribution >= 0.6 is 11.3 Å². The Labute approximate surface area is 180 Å². The van der Waals surface area contributed by atoms with Gasteiger partial charge in [-0.05, 0) is 25.3 Å². The highest BCUT2D eigenvalue weighted by Crippen LogP contribution is 2.20. The largest absolute Gasteiger partial charge is 0.338 e. The van der Waals surface area contributed by atoms with Gasteiger partial charge < -0.3 is 14.3 Å². The van der Waals surface area contributed by atoms with Crippen molar-refractivity contribution >= 4 is 23.2 Å². The Morgan fingerprint density at radius 2 is 1.80 bits per heavy atom. The molecule has 0 aromatic carbocycles. The van der Waals surface area contributed by atoms with E-state index >= 15 is 0 Å². The number of hydrogen-bond acceptors (Lipinski definition) is 8. The van der Waals surface area contributed by atoms with Gasteiger partial charge in [0, 0.05) is 52.4 Å². The van der Waals surface area contributed by atoms with Gasteiger partial charge in [0.25, 0.3) is 5.91 Å². The lowest BCUT2D eigenvalue weighted by Crippen LogP contribution is -2.54. The number of piperazine rings is 2. The second-order valence-corrected chi connectivity index (χ2v) is 8.77. The fraction of sp³-hybridized carbons (Fsp3) is 0.600. The van der Waals surface area contributed by atoms with Crippen molar-refractivity contribution in [1.82, 2.24) is 29.7 Å². The second-order valence-electron chi connectivity index (χ2n) is 7.82. The molecule has 2 aliphatic heterocycles. The smallest absolute Gasteiger partial charge is 0.264 e. The van der Waals surface area contributed by atoms with Gasteiger partial charge in [-0.15, -0.1) is 11.3 Å². The van der Waals surface area contributed by atoms with Crippen LogP contribution in [-0.4, -0.2) is 100 Å². The number of aryl methyl sites for hydroxylation is 1. The fourth-order valence-corrected chi connectivity index (χ4v) is 4.64. The molecular formula is C20H28N6O3S. The van der Waals surface area contributed by atoms with Gasteiger partial charge in [0.05, 0.1) is 17.5 Å². The summed E-state index contributed by atoms with van der Waals surface area (Å²) < 4.78 is 5.29. The molecule has 4 heterocycles. The van der Waals surface area contributed by atoms with Crippen molar-refractivity contribution < 1.29 is 14.1 Å². The average Bonchev–Trinajstić information content (AvgIpc) is 3.45. The molecule has 0 aliphatic carbocycles. The summed E-state index contributed by atoms with van der Waals surface area (Å²) in [5.41, 5.74) is 0. The number of carbonyl (C=O) groups excluding carboxylic acids is 2. The minimum Gasteiger partial charge on any atom is -0.338 e. The maximum absolute atomic E-state index is 12.7. The van der Waals surface area contributed by atoms with Crippen LogP contribution in [-0.2, 0) is 4.79 Å². The molecule has 0 saturated carbocycles. The molecule has 30 heavy (non-hydrogen) atoms. The van der Waals surface area contributed by atoms with E-state index in [1.807, 2.05) is 34.2 Å². The quantitative estimate of drug-likeness (QED) is 0.699. The molecule has 4 rings (SSSR count). The number of aromatic nitrogens is 2. The maximum atomic E-state index is 12.7. The number of thiophene rings is 1. The average molecular weight is 433 g/mol. The van der Waals surface area contributed by atoms with Crippen molar-refractivity contribution in [3.8, 4) is 0 Å². The summed E-state index contributed by atoms with van der Waals surface area (Å²) in [7, 11) is 0. The van der Waals surface area contributed by atoms with Gasteiger partial charge in [0.2, 0.25) is 11.8 Å². The molecule has 1 unspecified atom stereocenters. The lowest BCUT2D eigenvalue weighted by atomic mass is 10.2. The van der Waals surface area contributed by atoms with Crippen molar-refractivity contribution in [2.75, 3.05) is 58.9 Å². The Kier molecular flexibility index (Phi) is 6.45. The van der Waals surface area contributed by atoms with Crippen molar-refractivity contribution in [1.29, 1.82) is 0 Å². The Balaban J connectivity index is 1.20. The molecule has 0 N–H and O–H groups in total. The first-order valence-electron chi connectivity index (χ1n) is 10.4. The van der Waals surface area contributed by atoms with E-state index in [9.17, 15) is 9.59 Å². The Morgan fingerprint density at radius 1 is 1.10 bits per heavy atom. The monoisotopic (exact) mass is 432 g/mol. The van der Waals surface area contributed by atoms with Crippen molar-refractivity contribution in [2.24, 2.45) is 0 Å². The summed E-state index contributed by atoms with van der Waals surface area (Å²) in [5, 5.41) is 5.79. The third-order valence-corrected chi connectivity index (χ3v) is 6.72. The van der Waals surface area contributed by atoms with Crippen LogP contribution in [0.15, 0.2) is 22.0 Å². The van der Waals surface area contributed by atoms with Crippen molar-refractivity contribution in [3.05, 3.63) is 34.1 Å². The normalized spacial score (nSPS) is 19.8. The highest BCUT2D eigenvalue weighted by molar-refractivity contribution is 7.12. The molecule has 2 aliphatic rings. The van der Waals surface area contributed by atoms with Gasteiger partial charge in [-0.25, -0.2) is 0 Å². The van der Waals surface area contributed by atoms with Crippen LogP contribution in [0.2, 0.25) is 0 Å². The Hall–Kier alpha value is -2.30. The van der Waals surface area contributed by atoms with Crippen LogP contribution in [0.5, 0.6) is 0 Å². The summed E-state index contributed by atoms with van der Waals surface area (Å²) in [6.07, 6.45) is 0. The minimum absolute atomic E-state index is 0.0683. The number of amides is 2. The standard InChI is InChI=1S/C20H28N6O3S/c1-15(19-21-16(2)22-29-19)24-7-5-23(6-8-24)14-18(27)25-9-11-26(12-10-25)20(28)17-4-3-13-30-17/h3-4,13,15H,5-12,14H2,1-2H3. The molecule has 0 bridgehead atoms. The molecule has 2 amide bonds. The van der Waals surface area contributed by atoms with Gasteiger partial charge in [-0.1, -0.05) is 11.2 Å². The van der Waals surface area contributed by atoms with Gasteiger partial charge >= 0.3 is 0 Å². The van der Waals surface area contributed by atoms with E-state index in [2.05, 4.69) is 26.9 Å². The predicted octanol–water partition coefficient (Wildman–Crippen LogP) is 1.10. The van der Waals surface area contributed by atoms with Gasteiger partial charge in [0.15, 0.2) is 5.82 Å². The number of hydrogen-bond donors (Lipinski definition) is 0. The van der Waals surface area contributed by atoms with Crippen LogP contribution in [0.25, 0.3) is 0 Å². The van der Waals surface area contributed by atoms with Gasteiger partial charge in [-0.2, -0.15) is 4.98 Å². The zero-order valence-corrected chi connectivity index (χ0v) is 18.3. The molecule has 0 spiro atoms. The van der Waals surface area contributed by atoms with E-state index < -0.39 is 0 Å². The highest BCUT2D eigenvalue weighted by atomic mass is 32.1. The van der Waals surface area contributed by atoms with E-state index in [1.165, 1.54) is 11.3 Å². The van der Waals surface area contributed by atoms with E-state index in [4.69, 9.17) is 4.52 Å². The maximum Gasteiger partial charge on any atom is 0.264 e. The summed E-state index contributed by atoms with van der Waals surface area (Å²) in [6.45, 7) is 10.1. The highest BCUT2D eigenvalue weighted by Gasteiger charge is 2.29. The zero-order valence-electron chi connectivity index (χ0n) is 17.5. The van der Waals surface area contributed by atoms with E-state index in [-0.39, 0.29) is 17.9 Å². The van der Waals surface area contributed by atoms with E-state index in [0.29, 0.717) is 44.4 Å². The molecular weight excluding hydrogens is 404 g/mol. The van der Waals surface area contributed by atoms with Crippen LogP contribution in [0.4, 0.5) is 0 Å². The van der Waals surface area contributed by atoms with Crippen LogP contribution in [0.3, 0.4) is 0 Å². The first-order valence-corrected chi connectivity index (χ1v) is 11.3. The molecule has 2 saturated heterocycles. The van der Waals surface area contributed by atoms with Crippen molar-refractivity contribution in [3.63, 3.8) is 0 Å². The molecule has 10 heteroatoms. The molecule has 1 atom stereocenters. The van der Waals surface area contributed by atoms with Crippen molar-refractivity contribution in [2.45, 2.75) is 19.9 Å². The van der Waals surface area contributed by atoms with Crippen LogP contribution in [0.1, 0.15) is 34.4 Å². The molecule has 162 valence electrons. The third-order valence-electron chi connectivity index (χ3n) is 5.87. The lowest BCUT2D eigenvalue weighted by molar-refractivity contribution is -0.134. The van der Waals surface area contributed by atoms with Gasteiger partial charge in [-0.3, -0.25) is 19.4 Å². The Morgan fingerprint density at radius 3 is 2.40 bits per heavy atom. The SMILES string of the molecule is Cc1noc(C(C)N2CCN(CC(=O)N3CCN(C(=O)c4cccs4)CC3)CC2)n1. The summed E-state index contributed by atoms with van der Waals surface area (Å²) in [6, 6.07) is 3.82. The molecule has 2 aromatic heterocycles. The number of rotatable bonds is 5. The van der Waals surface area contributed by atoms with Gasteiger partial charge in [0.1, 0.15) is 0 Å². The van der Waals surface area contributed by atoms with E-state index in [1.54, 1.807) is 0 Å². The molecule has 0 radical (unpaired) electrons. The first-order chi connectivity index (χ1) is 14.5. The minimum atomic E-state index is 0.0683. The summed E-state index contributed by atoms with van der Waals surface area (Å²) in [4.78, 5) is 38.5. The fourth-order valence-electron chi connectivity index (χ4n) is 3.95.